The van der Waals surface area contributed by atoms with Crippen molar-refractivity contribution in [1.29, 1.82) is 0 Å². The van der Waals surface area contributed by atoms with E-state index in [9.17, 15) is 0 Å². The van der Waals surface area contributed by atoms with Crippen molar-refractivity contribution in [2.75, 3.05) is 6.54 Å². The van der Waals surface area contributed by atoms with E-state index in [1.807, 2.05) is 0 Å². The van der Waals surface area contributed by atoms with E-state index in [4.69, 9.17) is 4.42 Å². The van der Waals surface area contributed by atoms with Crippen LogP contribution in [0.2, 0.25) is 0 Å². The van der Waals surface area contributed by atoms with Gasteiger partial charge in [-0.15, -0.1) is 10.2 Å². The molecule has 1 aliphatic rings. The van der Waals surface area contributed by atoms with Gasteiger partial charge in [-0.3, -0.25) is 0 Å². The van der Waals surface area contributed by atoms with Crippen LogP contribution in [0.4, 0.5) is 0 Å². The van der Waals surface area contributed by atoms with Crippen LogP contribution in [-0.2, 0) is 13.0 Å². The Morgan fingerprint density at radius 1 is 1.25 bits per heavy atom. The molecule has 1 aromatic heterocycles. The number of aromatic nitrogens is 2. The van der Waals surface area contributed by atoms with E-state index in [1.165, 1.54) is 18.4 Å². The average Bonchev–Trinajstić information content (AvgIpc) is 3.20. The lowest BCUT2D eigenvalue weighted by Crippen LogP contribution is -2.22. The Balaban J connectivity index is 1.40. The fourth-order valence-electron chi connectivity index (χ4n) is 2.35. The molecule has 1 aliphatic carbocycles. The molecule has 0 spiro atoms. The average molecular weight is 271 g/mol. The van der Waals surface area contributed by atoms with E-state index in [-0.39, 0.29) is 0 Å². The van der Waals surface area contributed by atoms with Gasteiger partial charge in [0.25, 0.3) is 0 Å². The van der Waals surface area contributed by atoms with Crippen LogP contribution in [0.1, 0.15) is 43.0 Å². The van der Waals surface area contributed by atoms with Crippen LogP contribution in [-0.4, -0.2) is 16.7 Å². The highest BCUT2D eigenvalue weighted by atomic mass is 16.4. The van der Waals surface area contributed by atoms with E-state index in [0.29, 0.717) is 24.3 Å². The van der Waals surface area contributed by atoms with E-state index >= 15 is 0 Å². The Kier molecular flexibility index (Phi) is 4.11. The third-order valence-corrected chi connectivity index (χ3v) is 3.61. The molecule has 0 unspecified atom stereocenters. The van der Waals surface area contributed by atoms with Gasteiger partial charge in [0.05, 0.1) is 6.54 Å². The number of benzene rings is 1. The molecule has 20 heavy (non-hydrogen) atoms. The molecule has 1 saturated carbocycles. The zero-order valence-corrected chi connectivity index (χ0v) is 11.9. The predicted molar refractivity (Wildman–Crippen MR) is 77.3 cm³/mol. The zero-order chi connectivity index (χ0) is 13.8. The van der Waals surface area contributed by atoms with Crippen molar-refractivity contribution >= 4 is 0 Å². The number of nitrogens with one attached hydrogen (secondary N) is 1. The Morgan fingerprint density at radius 3 is 2.80 bits per heavy atom. The minimum atomic E-state index is 0.535. The van der Waals surface area contributed by atoms with Crippen molar-refractivity contribution in [3.8, 4) is 0 Å². The maximum atomic E-state index is 5.62. The Morgan fingerprint density at radius 2 is 2.05 bits per heavy atom. The number of nitrogens with zero attached hydrogens (tertiary/aromatic N) is 2. The highest BCUT2D eigenvalue weighted by molar-refractivity contribution is 5.15. The normalized spacial score (nSPS) is 16.2. The second-order valence-corrected chi connectivity index (χ2v) is 5.73. The summed E-state index contributed by atoms with van der Waals surface area (Å²) in [5.74, 6) is 2.65. The first-order chi connectivity index (χ1) is 9.81. The lowest BCUT2D eigenvalue weighted by molar-refractivity contribution is 0.418. The van der Waals surface area contributed by atoms with Crippen molar-refractivity contribution in [3.63, 3.8) is 0 Å². The molecule has 0 saturated heterocycles. The van der Waals surface area contributed by atoms with Gasteiger partial charge < -0.3 is 9.73 Å². The van der Waals surface area contributed by atoms with Crippen molar-refractivity contribution < 1.29 is 4.42 Å². The first-order valence-electron chi connectivity index (χ1n) is 7.38. The summed E-state index contributed by atoms with van der Waals surface area (Å²) in [4.78, 5) is 0. The van der Waals surface area contributed by atoms with Gasteiger partial charge in [-0.25, -0.2) is 0 Å². The molecule has 0 aliphatic heterocycles. The highest BCUT2D eigenvalue weighted by Gasteiger charge is 2.29. The number of rotatable bonds is 7. The molecule has 106 valence electrons. The molecular weight excluding hydrogens is 250 g/mol. The van der Waals surface area contributed by atoms with Gasteiger partial charge in [-0.2, -0.15) is 0 Å². The van der Waals surface area contributed by atoms with E-state index in [1.54, 1.807) is 0 Å². The Hall–Kier alpha value is -1.68. The summed E-state index contributed by atoms with van der Waals surface area (Å²) in [5.41, 5.74) is 1.38. The standard InChI is InChI=1S/C16H21N3O/c1-12(9-13-5-3-2-4-6-13)10-17-11-15-18-19-16(20-15)14-7-8-14/h2-6,12,14,17H,7-11H2,1H3/t12-/m1/s1. The second kappa shape index (κ2) is 6.18. The van der Waals surface area contributed by atoms with Crippen LogP contribution in [0.25, 0.3) is 0 Å². The summed E-state index contributed by atoms with van der Waals surface area (Å²) < 4.78 is 5.62. The van der Waals surface area contributed by atoms with Gasteiger partial charge in [-0.1, -0.05) is 37.3 Å². The molecule has 0 bridgehead atoms. The van der Waals surface area contributed by atoms with Gasteiger partial charge in [-0.05, 0) is 37.3 Å². The fourth-order valence-corrected chi connectivity index (χ4v) is 2.35. The topological polar surface area (TPSA) is 51.0 Å². The lowest BCUT2D eigenvalue weighted by atomic mass is 10.0. The van der Waals surface area contributed by atoms with Crippen molar-refractivity contribution in [2.24, 2.45) is 5.92 Å². The van der Waals surface area contributed by atoms with E-state index in [2.05, 4.69) is 52.8 Å². The van der Waals surface area contributed by atoms with Gasteiger partial charge >= 0.3 is 0 Å². The molecule has 0 radical (unpaired) electrons. The molecule has 4 nitrogen and oxygen atoms in total. The summed E-state index contributed by atoms with van der Waals surface area (Å²) in [6, 6.07) is 10.6. The maximum Gasteiger partial charge on any atom is 0.230 e. The monoisotopic (exact) mass is 271 g/mol. The summed E-state index contributed by atoms with van der Waals surface area (Å²) in [7, 11) is 0. The zero-order valence-electron chi connectivity index (χ0n) is 11.9. The maximum absolute atomic E-state index is 5.62. The number of hydrogen-bond donors (Lipinski definition) is 1. The van der Waals surface area contributed by atoms with Gasteiger partial charge in [0, 0.05) is 5.92 Å². The largest absolute Gasteiger partial charge is 0.424 e. The van der Waals surface area contributed by atoms with Crippen LogP contribution >= 0.6 is 0 Å². The quantitative estimate of drug-likeness (QED) is 0.841. The Labute approximate surface area is 119 Å². The van der Waals surface area contributed by atoms with Crippen LogP contribution in [0.3, 0.4) is 0 Å². The number of hydrogen-bond acceptors (Lipinski definition) is 4. The molecule has 3 rings (SSSR count). The fraction of sp³-hybridized carbons (Fsp3) is 0.500. The molecular formula is C16H21N3O. The summed E-state index contributed by atoms with van der Waals surface area (Å²) in [6.45, 7) is 3.87. The van der Waals surface area contributed by atoms with Crippen LogP contribution < -0.4 is 5.32 Å². The predicted octanol–water partition coefficient (Wildman–Crippen LogP) is 2.92. The molecule has 0 amide bonds. The third-order valence-electron chi connectivity index (χ3n) is 3.61. The first kappa shape index (κ1) is 13.3. The van der Waals surface area contributed by atoms with E-state index < -0.39 is 0 Å². The first-order valence-corrected chi connectivity index (χ1v) is 7.38. The third kappa shape index (κ3) is 3.67. The lowest BCUT2D eigenvalue weighted by Gasteiger charge is -2.11. The van der Waals surface area contributed by atoms with Crippen molar-refractivity contribution in [2.45, 2.75) is 38.6 Å². The van der Waals surface area contributed by atoms with Crippen LogP contribution in [0, 0.1) is 5.92 Å². The summed E-state index contributed by atoms with van der Waals surface area (Å²) in [5, 5.41) is 11.6. The Bertz CT molecular complexity index is 534. The minimum Gasteiger partial charge on any atom is -0.424 e. The highest BCUT2D eigenvalue weighted by Crippen LogP contribution is 2.38. The van der Waals surface area contributed by atoms with Crippen LogP contribution in [0.15, 0.2) is 34.7 Å². The molecule has 1 aromatic carbocycles. The van der Waals surface area contributed by atoms with Gasteiger partial charge in [0.2, 0.25) is 11.8 Å². The smallest absolute Gasteiger partial charge is 0.230 e. The molecule has 1 heterocycles. The minimum absolute atomic E-state index is 0.535. The molecule has 1 N–H and O–H groups in total. The summed E-state index contributed by atoms with van der Waals surface area (Å²) >= 11 is 0. The van der Waals surface area contributed by atoms with Gasteiger partial charge in [0.1, 0.15) is 0 Å². The second-order valence-electron chi connectivity index (χ2n) is 5.73. The van der Waals surface area contributed by atoms with Crippen molar-refractivity contribution in [3.05, 3.63) is 47.7 Å². The van der Waals surface area contributed by atoms with Crippen LogP contribution in [0.5, 0.6) is 0 Å². The molecule has 1 atom stereocenters. The SMILES string of the molecule is C[C@@H](CNCc1nnc(C2CC2)o1)Cc1ccccc1. The molecule has 2 aromatic rings. The molecule has 4 heteroatoms. The van der Waals surface area contributed by atoms with E-state index in [0.717, 1.165) is 18.9 Å². The van der Waals surface area contributed by atoms with Gasteiger partial charge in [0.15, 0.2) is 0 Å². The summed E-state index contributed by atoms with van der Waals surface area (Å²) in [6.07, 6.45) is 3.48. The molecule has 1 fully saturated rings. The van der Waals surface area contributed by atoms with Crippen molar-refractivity contribution in [1.82, 2.24) is 15.5 Å².